The highest BCUT2D eigenvalue weighted by molar-refractivity contribution is 7.99. The van der Waals surface area contributed by atoms with Crippen LogP contribution in [0.5, 0.6) is 11.5 Å². The van der Waals surface area contributed by atoms with E-state index in [4.69, 9.17) is 9.47 Å². The van der Waals surface area contributed by atoms with Crippen LogP contribution in [-0.4, -0.2) is 32.8 Å². The Hall–Kier alpha value is -4.37. The molecule has 1 atom stereocenters. The van der Waals surface area contributed by atoms with Crippen molar-refractivity contribution in [2.75, 3.05) is 13.2 Å². The molecule has 0 saturated heterocycles. The van der Waals surface area contributed by atoms with E-state index in [0.717, 1.165) is 33.2 Å². The van der Waals surface area contributed by atoms with Gasteiger partial charge < -0.3 is 9.47 Å². The number of hydrogen-bond acceptors (Lipinski definition) is 7. The number of hydrogen-bond donors (Lipinski definition) is 0. The number of aryl methyl sites for hydroxylation is 2. The Morgan fingerprint density at radius 3 is 2.48 bits per heavy atom. The predicted molar refractivity (Wildman–Crippen MR) is 157 cm³/mol. The number of thioether (sulfide) groups is 1. The fourth-order valence-electron chi connectivity index (χ4n) is 4.57. The van der Waals surface area contributed by atoms with E-state index in [1.807, 2.05) is 92.1 Å². The fourth-order valence-corrected chi connectivity index (χ4v) is 5.73. The number of nitro groups is 1. The highest BCUT2D eigenvalue weighted by Crippen LogP contribution is 2.40. The Morgan fingerprint density at radius 1 is 0.925 bits per heavy atom. The molecule has 0 spiro atoms. The molecule has 0 unspecified atom stereocenters. The molecule has 4 aromatic carbocycles. The molecule has 9 heteroatoms. The fraction of sp³-hybridized carbons (Fsp3) is 0.226. The van der Waals surface area contributed by atoms with Crippen LogP contribution < -0.4 is 9.47 Å². The van der Waals surface area contributed by atoms with Gasteiger partial charge in [-0.3, -0.25) is 14.7 Å². The molecular formula is C31H30N4O4S. The topological polar surface area (TPSA) is 92.3 Å². The van der Waals surface area contributed by atoms with Crippen LogP contribution in [0.15, 0.2) is 90.1 Å². The first-order chi connectivity index (χ1) is 19.4. The Balaban J connectivity index is 1.43. The third-order valence-corrected chi connectivity index (χ3v) is 7.73. The van der Waals surface area contributed by atoms with E-state index in [9.17, 15) is 10.1 Å². The van der Waals surface area contributed by atoms with Crippen molar-refractivity contribution < 1.29 is 14.4 Å². The van der Waals surface area contributed by atoms with Crippen molar-refractivity contribution in [2.24, 2.45) is 0 Å². The highest BCUT2D eigenvalue weighted by Gasteiger charge is 2.25. The van der Waals surface area contributed by atoms with Gasteiger partial charge in [-0.25, -0.2) is 0 Å². The zero-order chi connectivity index (χ0) is 28.1. The Morgan fingerprint density at radius 2 is 1.70 bits per heavy atom. The molecule has 8 nitrogen and oxygen atoms in total. The van der Waals surface area contributed by atoms with Gasteiger partial charge in [-0.05, 0) is 66.9 Å². The monoisotopic (exact) mass is 554 g/mol. The molecule has 1 aromatic heterocycles. The maximum Gasteiger partial charge on any atom is 0.220 e. The second-order valence-corrected chi connectivity index (χ2v) is 10.6. The number of fused-ring (bicyclic) bond motifs is 1. The van der Waals surface area contributed by atoms with Crippen molar-refractivity contribution in [2.45, 2.75) is 37.8 Å². The molecule has 0 bridgehead atoms. The summed E-state index contributed by atoms with van der Waals surface area (Å²) < 4.78 is 14.1. The summed E-state index contributed by atoms with van der Waals surface area (Å²) in [6, 6.07) is 27.9. The van der Waals surface area contributed by atoms with Crippen molar-refractivity contribution in [1.82, 2.24) is 14.8 Å². The summed E-state index contributed by atoms with van der Waals surface area (Å²) in [5.74, 6) is 1.84. The molecule has 204 valence electrons. The van der Waals surface area contributed by atoms with E-state index in [1.54, 1.807) is 0 Å². The first-order valence-corrected chi connectivity index (χ1v) is 13.9. The summed E-state index contributed by atoms with van der Waals surface area (Å²) in [4.78, 5) is 11.4. The van der Waals surface area contributed by atoms with Crippen LogP contribution in [0.4, 0.5) is 0 Å². The van der Waals surface area contributed by atoms with Gasteiger partial charge in [0.1, 0.15) is 17.7 Å². The van der Waals surface area contributed by atoms with Crippen LogP contribution in [0.3, 0.4) is 0 Å². The molecule has 1 heterocycles. The van der Waals surface area contributed by atoms with Crippen LogP contribution in [0, 0.1) is 24.0 Å². The molecule has 0 saturated carbocycles. The quantitative estimate of drug-likeness (QED) is 0.0974. The zero-order valence-corrected chi connectivity index (χ0v) is 23.4. The lowest BCUT2D eigenvalue weighted by atomic mass is 10.1. The Labute approximate surface area is 237 Å². The molecule has 0 aliphatic carbocycles. The Kier molecular flexibility index (Phi) is 8.31. The van der Waals surface area contributed by atoms with Crippen LogP contribution in [0.2, 0.25) is 0 Å². The summed E-state index contributed by atoms with van der Waals surface area (Å²) in [5, 5.41) is 22.7. The third-order valence-electron chi connectivity index (χ3n) is 6.55. The average Bonchev–Trinajstić information content (AvgIpc) is 3.32. The number of rotatable bonds is 11. The molecule has 0 radical (unpaired) electrons. The van der Waals surface area contributed by atoms with E-state index in [2.05, 4.69) is 28.4 Å². The zero-order valence-electron chi connectivity index (χ0n) is 22.6. The minimum atomic E-state index is -0.519. The van der Waals surface area contributed by atoms with Crippen molar-refractivity contribution in [3.8, 4) is 17.2 Å². The number of nitrogens with zero attached hydrogens (tertiary/aromatic N) is 4. The molecule has 0 N–H and O–H groups in total. The molecule has 0 fully saturated rings. The summed E-state index contributed by atoms with van der Waals surface area (Å²) in [7, 11) is 0. The third kappa shape index (κ3) is 6.10. The highest BCUT2D eigenvalue weighted by atomic mass is 32.2. The number of aromatic nitrogens is 3. The van der Waals surface area contributed by atoms with Gasteiger partial charge in [-0.1, -0.05) is 78.0 Å². The number of ether oxygens (including phenoxy) is 2. The first-order valence-electron chi connectivity index (χ1n) is 13.1. The van der Waals surface area contributed by atoms with Gasteiger partial charge >= 0.3 is 0 Å². The summed E-state index contributed by atoms with van der Waals surface area (Å²) in [6.07, 6.45) is 0. The second kappa shape index (κ2) is 12.2. The first kappa shape index (κ1) is 27.2. The van der Waals surface area contributed by atoms with Gasteiger partial charge in [0.2, 0.25) is 6.54 Å². The minimum Gasteiger partial charge on any atom is -0.490 e. The molecule has 0 aliphatic heterocycles. The lowest BCUT2D eigenvalue weighted by molar-refractivity contribution is -0.479. The largest absolute Gasteiger partial charge is 0.490 e. The van der Waals surface area contributed by atoms with E-state index >= 15 is 0 Å². The van der Waals surface area contributed by atoms with Crippen molar-refractivity contribution in [3.63, 3.8) is 0 Å². The summed E-state index contributed by atoms with van der Waals surface area (Å²) in [6.45, 7) is 6.31. The lowest BCUT2D eigenvalue weighted by Crippen LogP contribution is -2.12. The van der Waals surface area contributed by atoms with E-state index in [0.29, 0.717) is 35.7 Å². The molecule has 0 amide bonds. The van der Waals surface area contributed by atoms with Gasteiger partial charge in [0.05, 0.1) is 6.61 Å². The van der Waals surface area contributed by atoms with Gasteiger partial charge in [0, 0.05) is 10.6 Å². The molecule has 0 aliphatic rings. The SMILES string of the molecule is CCOc1cc([C@@H](C[N+](=O)[O-])Sc2nnc(C)n2-c2ccc(C)cc2)ccc1OCc1cccc2ccccc12. The van der Waals surface area contributed by atoms with Gasteiger partial charge in [0.15, 0.2) is 16.7 Å². The summed E-state index contributed by atoms with van der Waals surface area (Å²) >= 11 is 1.31. The van der Waals surface area contributed by atoms with E-state index < -0.39 is 5.25 Å². The minimum absolute atomic E-state index is 0.285. The molecule has 40 heavy (non-hydrogen) atoms. The van der Waals surface area contributed by atoms with Gasteiger partial charge in [-0.15, -0.1) is 10.2 Å². The Bertz CT molecular complexity index is 1630. The second-order valence-electron chi connectivity index (χ2n) is 9.39. The van der Waals surface area contributed by atoms with Gasteiger partial charge in [0.25, 0.3) is 0 Å². The smallest absolute Gasteiger partial charge is 0.220 e. The molecule has 5 aromatic rings. The predicted octanol–water partition coefficient (Wildman–Crippen LogP) is 7.13. The normalized spacial score (nSPS) is 11.9. The molecule has 5 rings (SSSR count). The van der Waals surface area contributed by atoms with Crippen LogP contribution in [-0.2, 0) is 6.61 Å². The van der Waals surface area contributed by atoms with Crippen molar-refractivity contribution >= 4 is 22.5 Å². The maximum atomic E-state index is 11.7. The molecular weight excluding hydrogens is 524 g/mol. The van der Waals surface area contributed by atoms with Crippen LogP contribution in [0.25, 0.3) is 16.5 Å². The van der Waals surface area contributed by atoms with Crippen LogP contribution >= 0.6 is 11.8 Å². The van der Waals surface area contributed by atoms with Crippen molar-refractivity contribution in [1.29, 1.82) is 0 Å². The average molecular weight is 555 g/mol. The van der Waals surface area contributed by atoms with Crippen molar-refractivity contribution in [3.05, 3.63) is 118 Å². The van der Waals surface area contributed by atoms with Crippen LogP contribution in [0.1, 0.15) is 34.7 Å². The lowest BCUT2D eigenvalue weighted by Gasteiger charge is -2.18. The van der Waals surface area contributed by atoms with E-state index in [1.165, 1.54) is 11.8 Å². The van der Waals surface area contributed by atoms with Gasteiger partial charge in [-0.2, -0.15) is 0 Å². The standard InChI is InChI=1S/C31H30N4O4S/c1-4-38-29-18-24(14-17-28(29)39-20-25-10-7-9-23-8-5-6-11-27(23)25)30(19-34(36)37)40-31-33-32-22(3)35(31)26-15-12-21(2)13-16-26/h5-18,30H,4,19-20H2,1-3H3/t30-/m1/s1. The summed E-state index contributed by atoms with van der Waals surface area (Å²) in [5.41, 5.74) is 3.86. The van der Waals surface area contributed by atoms with E-state index in [-0.39, 0.29) is 11.5 Å². The number of benzene rings is 4. The maximum absolute atomic E-state index is 11.7.